The van der Waals surface area contributed by atoms with Crippen LogP contribution in [0.4, 0.5) is 11.5 Å². The number of benzene rings is 1. The number of ether oxygens (including phenoxy) is 1. The van der Waals surface area contributed by atoms with Crippen molar-refractivity contribution in [1.29, 1.82) is 5.26 Å². The molecule has 0 aliphatic carbocycles. The van der Waals surface area contributed by atoms with Crippen LogP contribution in [0.15, 0.2) is 24.3 Å². The van der Waals surface area contributed by atoms with Gasteiger partial charge in [0, 0.05) is 7.05 Å². The molecule has 1 N–H and O–H groups in total. The van der Waals surface area contributed by atoms with Crippen molar-refractivity contribution in [3.05, 3.63) is 35.5 Å². The number of hydrogen-bond donors (Lipinski definition) is 1. The molecule has 5 heteroatoms. The Balaban J connectivity index is 2.44. The average molecular weight is 242 g/mol. The number of rotatable bonds is 3. The first kappa shape index (κ1) is 12.0. The Bertz CT molecular complexity index is 610. The second-order valence-corrected chi connectivity index (χ2v) is 3.87. The topological polar surface area (TPSA) is 62.9 Å². The molecule has 2 aromatic rings. The molecular weight excluding hydrogens is 228 g/mol. The van der Waals surface area contributed by atoms with Gasteiger partial charge in [-0.2, -0.15) is 10.4 Å². The van der Waals surface area contributed by atoms with E-state index in [0.29, 0.717) is 17.1 Å². The Labute approximate surface area is 106 Å². The summed E-state index contributed by atoms with van der Waals surface area (Å²) in [6.45, 7) is 1.81. The largest absolute Gasteiger partial charge is 0.495 e. The van der Waals surface area contributed by atoms with E-state index < -0.39 is 0 Å². The normalized spacial score (nSPS) is 9.89. The van der Waals surface area contributed by atoms with Crippen LogP contribution in [-0.4, -0.2) is 16.9 Å². The number of anilines is 2. The molecule has 2 rings (SSSR count). The molecule has 0 spiro atoms. The quantitative estimate of drug-likeness (QED) is 0.897. The van der Waals surface area contributed by atoms with Crippen molar-refractivity contribution in [3.8, 4) is 11.8 Å². The van der Waals surface area contributed by atoms with Crippen LogP contribution in [0.2, 0.25) is 0 Å². The summed E-state index contributed by atoms with van der Waals surface area (Å²) in [5.74, 6) is 1.39. The number of hydrogen-bond acceptors (Lipinski definition) is 4. The molecular formula is C13H14N4O. The van der Waals surface area contributed by atoms with Crippen LogP contribution >= 0.6 is 0 Å². The van der Waals surface area contributed by atoms with E-state index in [2.05, 4.69) is 16.5 Å². The lowest BCUT2D eigenvalue weighted by Crippen LogP contribution is -2.01. The summed E-state index contributed by atoms with van der Waals surface area (Å²) in [4.78, 5) is 0. The Morgan fingerprint density at radius 3 is 2.78 bits per heavy atom. The number of nitrogens with zero attached hydrogens (tertiary/aromatic N) is 3. The predicted octanol–water partition coefficient (Wildman–Crippen LogP) is 2.35. The standard InChI is InChI=1S/C13H14N4O/c1-9-10(8-14)13(17(2)16-9)15-11-6-4-5-7-12(11)18-3/h4-7,15H,1-3H3. The van der Waals surface area contributed by atoms with Crippen LogP contribution in [0, 0.1) is 18.3 Å². The van der Waals surface area contributed by atoms with Gasteiger partial charge in [-0.1, -0.05) is 12.1 Å². The number of aryl methyl sites for hydroxylation is 2. The van der Waals surface area contributed by atoms with Crippen LogP contribution in [0.1, 0.15) is 11.3 Å². The molecule has 1 aromatic heterocycles. The van der Waals surface area contributed by atoms with E-state index in [0.717, 1.165) is 11.4 Å². The SMILES string of the molecule is COc1ccccc1Nc1c(C#N)c(C)nn1C. The van der Waals surface area contributed by atoms with E-state index in [1.54, 1.807) is 18.8 Å². The summed E-state index contributed by atoms with van der Waals surface area (Å²) < 4.78 is 6.92. The van der Waals surface area contributed by atoms with Gasteiger partial charge in [-0.25, -0.2) is 0 Å². The van der Waals surface area contributed by atoms with E-state index in [1.807, 2.05) is 31.2 Å². The van der Waals surface area contributed by atoms with Crippen LogP contribution < -0.4 is 10.1 Å². The minimum absolute atomic E-state index is 0.545. The van der Waals surface area contributed by atoms with Crippen molar-refractivity contribution in [2.24, 2.45) is 7.05 Å². The summed E-state index contributed by atoms with van der Waals surface area (Å²) in [6, 6.07) is 9.70. The molecule has 5 nitrogen and oxygen atoms in total. The average Bonchev–Trinajstić information content (AvgIpc) is 2.64. The highest BCUT2D eigenvalue weighted by molar-refractivity contribution is 5.68. The molecule has 0 radical (unpaired) electrons. The van der Waals surface area contributed by atoms with Gasteiger partial charge < -0.3 is 10.1 Å². The molecule has 0 bridgehead atoms. The summed E-state index contributed by atoms with van der Waals surface area (Å²) >= 11 is 0. The lowest BCUT2D eigenvalue weighted by Gasteiger charge is -2.11. The third-order valence-electron chi connectivity index (χ3n) is 2.69. The van der Waals surface area contributed by atoms with Crippen LogP contribution in [0.5, 0.6) is 5.75 Å². The van der Waals surface area contributed by atoms with Crippen LogP contribution in [-0.2, 0) is 7.05 Å². The highest BCUT2D eigenvalue weighted by Crippen LogP contribution is 2.29. The monoisotopic (exact) mass is 242 g/mol. The van der Waals surface area contributed by atoms with Crippen molar-refractivity contribution in [3.63, 3.8) is 0 Å². The van der Waals surface area contributed by atoms with E-state index in [-0.39, 0.29) is 0 Å². The maximum Gasteiger partial charge on any atom is 0.146 e. The fraction of sp³-hybridized carbons (Fsp3) is 0.231. The molecule has 1 heterocycles. The first-order chi connectivity index (χ1) is 8.67. The number of nitrogens with one attached hydrogen (secondary N) is 1. The van der Waals surface area contributed by atoms with E-state index in [1.165, 1.54) is 0 Å². The number of para-hydroxylation sites is 2. The van der Waals surface area contributed by atoms with Crippen LogP contribution in [0.25, 0.3) is 0 Å². The van der Waals surface area contributed by atoms with E-state index >= 15 is 0 Å². The maximum absolute atomic E-state index is 9.14. The smallest absolute Gasteiger partial charge is 0.146 e. The number of nitriles is 1. The van der Waals surface area contributed by atoms with Gasteiger partial charge in [0.15, 0.2) is 0 Å². The first-order valence-electron chi connectivity index (χ1n) is 5.51. The molecule has 0 atom stereocenters. The first-order valence-corrected chi connectivity index (χ1v) is 5.51. The minimum Gasteiger partial charge on any atom is -0.495 e. The maximum atomic E-state index is 9.14. The third kappa shape index (κ3) is 2.00. The third-order valence-corrected chi connectivity index (χ3v) is 2.69. The Hall–Kier alpha value is -2.48. The molecule has 0 aliphatic heterocycles. The molecule has 0 fully saturated rings. The molecule has 0 saturated heterocycles. The summed E-state index contributed by atoms with van der Waals surface area (Å²) in [6.07, 6.45) is 0. The molecule has 0 amide bonds. The van der Waals surface area contributed by atoms with E-state index in [4.69, 9.17) is 10.00 Å². The van der Waals surface area contributed by atoms with Gasteiger partial charge in [0.25, 0.3) is 0 Å². The summed E-state index contributed by atoms with van der Waals surface area (Å²) in [5, 5.41) is 16.6. The Morgan fingerprint density at radius 1 is 1.39 bits per heavy atom. The van der Waals surface area contributed by atoms with Gasteiger partial charge >= 0.3 is 0 Å². The van der Waals surface area contributed by atoms with Crippen molar-refractivity contribution in [2.45, 2.75) is 6.92 Å². The van der Waals surface area contributed by atoms with E-state index in [9.17, 15) is 0 Å². The highest BCUT2D eigenvalue weighted by Gasteiger charge is 2.14. The second kappa shape index (κ2) is 4.80. The summed E-state index contributed by atoms with van der Waals surface area (Å²) in [7, 11) is 3.41. The Kier molecular flexibility index (Phi) is 3.20. The van der Waals surface area contributed by atoms with Gasteiger partial charge in [-0.3, -0.25) is 4.68 Å². The van der Waals surface area contributed by atoms with Gasteiger partial charge in [0.2, 0.25) is 0 Å². The fourth-order valence-corrected chi connectivity index (χ4v) is 1.81. The van der Waals surface area contributed by atoms with Gasteiger partial charge in [-0.05, 0) is 19.1 Å². The molecule has 1 aromatic carbocycles. The zero-order valence-electron chi connectivity index (χ0n) is 10.6. The zero-order valence-corrected chi connectivity index (χ0v) is 10.6. The van der Waals surface area contributed by atoms with Crippen LogP contribution in [0.3, 0.4) is 0 Å². The summed E-state index contributed by atoms with van der Waals surface area (Å²) in [5.41, 5.74) is 2.06. The molecule has 0 unspecified atom stereocenters. The van der Waals surface area contributed by atoms with Gasteiger partial charge in [-0.15, -0.1) is 0 Å². The highest BCUT2D eigenvalue weighted by atomic mass is 16.5. The van der Waals surface area contributed by atoms with Crippen molar-refractivity contribution in [2.75, 3.05) is 12.4 Å². The lowest BCUT2D eigenvalue weighted by atomic mass is 10.2. The number of methoxy groups -OCH3 is 1. The Morgan fingerprint density at radius 2 is 2.11 bits per heavy atom. The minimum atomic E-state index is 0.545. The molecule has 18 heavy (non-hydrogen) atoms. The number of aromatic nitrogens is 2. The van der Waals surface area contributed by atoms with Gasteiger partial charge in [0.05, 0.1) is 18.5 Å². The van der Waals surface area contributed by atoms with Gasteiger partial charge in [0.1, 0.15) is 23.2 Å². The molecule has 0 aliphatic rings. The van der Waals surface area contributed by atoms with Crippen molar-refractivity contribution in [1.82, 2.24) is 9.78 Å². The fourth-order valence-electron chi connectivity index (χ4n) is 1.81. The zero-order chi connectivity index (χ0) is 13.1. The second-order valence-electron chi connectivity index (χ2n) is 3.87. The van der Waals surface area contributed by atoms with Crippen molar-refractivity contribution < 1.29 is 4.74 Å². The molecule has 0 saturated carbocycles. The molecule has 92 valence electrons. The lowest BCUT2D eigenvalue weighted by molar-refractivity contribution is 0.417. The van der Waals surface area contributed by atoms with Crippen molar-refractivity contribution >= 4 is 11.5 Å². The predicted molar refractivity (Wildman–Crippen MR) is 68.9 cm³/mol.